The molecule has 0 heterocycles. The summed E-state index contributed by atoms with van der Waals surface area (Å²) in [5.74, 6) is -0.776. The molecule has 0 saturated carbocycles. The average molecular weight is 289 g/mol. The fourth-order valence-electron chi connectivity index (χ4n) is 1.88. The molecule has 5 heteroatoms. The van der Waals surface area contributed by atoms with Crippen LogP contribution in [0.2, 0.25) is 0 Å². The smallest absolute Gasteiger partial charge is 0.158 e. The van der Waals surface area contributed by atoms with E-state index in [1.807, 2.05) is 6.07 Å². The first-order valence-corrected chi connectivity index (χ1v) is 7.75. The van der Waals surface area contributed by atoms with Gasteiger partial charge in [-0.05, 0) is 29.3 Å². The lowest BCUT2D eigenvalue weighted by molar-refractivity contribution is 0.594. The fourth-order valence-corrected chi connectivity index (χ4v) is 3.41. The summed E-state index contributed by atoms with van der Waals surface area (Å²) in [5.41, 5.74) is 1.37. The van der Waals surface area contributed by atoms with E-state index < -0.39 is 15.7 Å². The monoisotopic (exact) mass is 289 g/mol. The molecular weight excluding hydrogens is 277 g/mol. The Kier molecular flexibility index (Phi) is 4.16. The van der Waals surface area contributed by atoms with E-state index in [4.69, 9.17) is 5.26 Å². The molecule has 2 rings (SSSR count). The van der Waals surface area contributed by atoms with Gasteiger partial charge in [0.15, 0.2) is 9.84 Å². The molecule has 0 spiro atoms. The van der Waals surface area contributed by atoms with Gasteiger partial charge >= 0.3 is 0 Å². The molecule has 0 N–H and O–H groups in total. The van der Waals surface area contributed by atoms with Crippen LogP contribution in [0.4, 0.5) is 4.39 Å². The summed E-state index contributed by atoms with van der Waals surface area (Å²) < 4.78 is 37.0. The summed E-state index contributed by atoms with van der Waals surface area (Å²) in [7, 11) is -3.41. The Morgan fingerprint density at radius 2 is 1.65 bits per heavy atom. The van der Waals surface area contributed by atoms with Gasteiger partial charge in [-0.2, -0.15) is 5.26 Å². The van der Waals surface area contributed by atoms with Crippen molar-refractivity contribution in [3.63, 3.8) is 0 Å². The van der Waals surface area contributed by atoms with E-state index in [9.17, 15) is 12.8 Å². The minimum Gasteiger partial charge on any atom is -0.228 e. The van der Waals surface area contributed by atoms with Gasteiger partial charge in [-0.15, -0.1) is 0 Å². The lowest BCUT2D eigenvalue weighted by Gasteiger charge is -2.06. The van der Waals surface area contributed by atoms with Crippen molar-refractivity contribution in [2.75, 3.05) is 0 Å². The number of nitrogens with zero attached hydrogens (tertiary/aromatic N) is 1. The molecule has 0 bridgehead atoms. The maximum absolute atomic E-state index is 12.8. The first kappa shape index (κ1) is 14.2. The standard InChI is InChI=1S/C15H12FNO2S/c16-15-7-5-12(6-8-15)10-20(18,19)11-14-4-2-1-3-13(14)9-17/h1-8H,10-11H2. The lowest BCUT2D eigenvalue weighted by atomic mass is 10.1. The fraction of sp³-hybridized carbons (Fsp3) is 0.133. The van der Waals surface area contributed by atoms with E-state index in [0.717, 1.165) is 0 Å². The molecule has 20 heavy (non-hydrogen) atoms. The summed E-state index contributed by atoms with van der Waals surface area (Å²) in [4.78, 5) is 0. The zero-order valence-corrected chi connectivity index (χ0v) is 11.4. The molecule has 0 aromatic heterocycles. The Morgan fingerprint density at radius 3 is 2.30 bits per heavy atom. The second-order valence-corrected chi connectivity index (χ2v) is 6.49. The molecule has 2 aromatic carbocycles. The Labute approximate surface area is 117 Å². The highest BCUT2D eigenvalue weighted by Crippen LogP contribution is 2.15. The van der Waals surface area contributed by atoms with Gasteiger partial charge < -0.3 is 0 Å². The number of hydrogen-bond acceptors (Lipinski definition) is 3. The van der Waals surface area contributed by atoms with Gasteiger partial charge in [0.25, 0.3) is 0 Å². The summed E-state index contributed by atoms with van der Waals surface area (Å²) in [6.07, 6.45) is 0. The van der Waals surface area contributed by atoms with Gasteiger partial charge in [0.1, 0.15) is 5.82 Å². The van der Waals surface area contributed by atoms with Crippen LogP contribution in [0.15, 0.2) is 48.5 Å². The number of benzene rings is 2. The van der Waals surface area contributed by atoms with Gasteiger partial charge in [0, 0.05) is 0 Å². The summed E-state index contributed by atoms with van der Waals surface area (Å²) in [6.45, 7) is 0. The molecule has 3 nitrogen and oxygen atoms in total. The Morgan fingerprint density at radius 1 is 1.00 bits per heavy atom. The molecule has 102 valence electrons. The minimum atomic E-state index is -3.41. The van der Waals surface area contributed by atoms with Crippen molar-refractivity contribution in [2.45, 2.75) is 11.5 Å². The number of sulfone groups is 1. The highest BCUT2D eigenvalue weighted by atomic mass is 32.2. The maximum atomic E-state index is 12.8. The van der Waals surface area contributed by atoms with Gasteiger partial charge in [-0.25, -0.2) is 12.8 Å². The molecule has 0 amide bonds. The van der Waals surface area contributed by atoms with E-state index in [-0.39, 0.29) is 11.5 Å². The third-order valence-electron chi connectivity index (χ3n) is 2.81. The molecule has 0 fully saturated rings. The van der Waals surface area contributed by atoms with Crippen LogP contribution in [0.25, 0.3) is 0 Å². The van der Waals surface area contributed by atoms with Crippen molar-refractivity contribution in [3.05, 3.63) is 71.0 Å². The Bertz CT molecular complexity index is 746. The van der Waals surface area contributed by atoms with Crippen LogP contribution in [0, 0.1) is 17.1 Å². The third-order valence-corrected chi connectivity index (χ3v) is 4.34. The first-order valence-electron chi connectivity index (χ1n) is 5.93. The molecule has 0 aliphatic heterocycles. The molecule has 0 saturated heterocycles. The first-order chi connectivity index (χ1) is 9.50. The van der Waals surface area contributed by atoms with Crippen LogP contribution in [0.1, 0.15) is 16.7 Å². The Hall–Kier alpha value is -2.19. The maximum Gasteiger partial charge on any atom is 0.158 e. The zero-order chi connectivity index (χ0) is 14.6. The summed E-state index contributed by atoms with van der Waals surface area (Å²) in [6, 6.07) is 13.9. The molecule has 0 unspecified atom stereocenters. The van der Waals surface area contributed by atoms with Crippen molar-refractivity contribution in [2.24, 2.45) is 0 Å². The molecule has 0 aliphatic rings. The van der Waals surface area contributed by atoms with Gasteiger partial charge in [0.2, 0.25) is 0 Å². The summed E-state index contributed by atoms with van der Waals surface area (Å²) in [5, 5.41) is 8.95. The quantitative estimate of drug-likeness (QED) is 0.869. The van der Waals surface area contributed by atoms with Crippen LogP contribution in [-0.2, 0) is 21.3 Å². The van der Waals surface area contributed by atoms with E-state index >= 15 is 0 Å². The average Bonchev–Trinajstić information content (AvgIpc) is 2.41. The van der Waals surface area contributed by atoms with E-state index in [1.54, 1.807) is 24.3 Å². The van der Waals surface area contributed by atoms with Crippen LogP contribution in [0.5, 0.6) is 0 Å². The topological polar surface area (TPSA) is 57.9 Å². The van der Waals surface area contributed by atoms with Crippen molar-refractivity contribution >= 4 is 9.84 Å². The summed E-state index contributed by atoms with van der Waals surface area (Å²) >= 11 is 0. The molecule has 0 aliphatic carbocycles. The van der Waals surface area contributed by atoms with E-state index in [2.05, 4.69) is 0 Å². The van der Waals surface area contributed by atoms with Crippen LogP contribution < -0.4 is 0 Å². The van der Waals surface area contributed by atoms with Gasteiger partial charge in [0.05, 0.1) is 23.1 Å². The predicted molar refractivity (Wildman–Crippen MR) is 73.9 cm³/mol. The van der Waals surface area contributed by atoms with Crippen molar-refractivity contribution < 1.29 is 12.8 Å². The normalized spacial score (nSPS) is 11.0. The van der Waals surface area contributed by atoms with Gasteiger partial charge in [-0.1, -0.05) is 30.3 Å². The van der Waals surface area contributed by atoms with Crippen molar-refractivity contribution in [3.8, 4) is 6.07 Å². The highest BCUT2D eigenvalue weighted by molar-refractivity contribution is 7.89. The van der Waals surface area contributed by atoms with Crippen LogP contribution in [0.3, 0.4) is 0 Å². The van der Waals surface area contributed by atoms with Crippen LogP contribution in [-0.4, -0.2) is 8.42 Å². The molecular formula is C15H12FNO2S. The number of halogens is 1. The van der Waals surface area contributed by atoms with E-state index in [0.29, 0.717) is 16.7 Å². The molecule has 0 radical (unpaired) electrons. The number of rotatable bonds is 4. The van der Waals surface area contributed by atoms with Gasteiger partial charge in [-0.3, -0.25) is 0 Å². The molecule has 2 aromatic rings. The minimum absolute atomic E-state index is 0.174. The zero-order valence-electron chi connectivity index (χ0n) is 10.6. The SMILES string of the molecule is N#Cc1ccccc1CS(=O)(=O)Cc1ccc(F)cc1. The third kappa shape index (κ3) is 3.65. The molecule has 0 atom stereocenters. The van der Waals surface area contributed by atoms with Crippen molar-refractivity contribution in [1.29, 1.82) is 5.26 Å². The number of hydrogen-bond donors (Lipinski definition) is 0. The lowest BCUT2D eigenvalue weighted by Crippen LogP contribution is -2.08. The number of nitriles is 1. The Balaban J connectivity index is 2.19. The van der Waals surface area contributed by atoms with Crippen LogP contribution >= 0.6 is 0 Å². The van der Waals surface area contributed by atoms with Crippen molar-refractivity contribution in [1.82, 2.24) is 0 Å². The van der Waals surface area contributed by atoms with E-state index in [1.165, 1.54) is 24.3 Å². The second-order valence-electron chi connectivity index (χ2n) is 4.43. The second kappa shape index (κ2) is 5.85. The highest BCUT2D eigenvalue weighted by Gasteiger charge is 2.15. The predicted octanol–water partition coefficient (Wildman–Crippen LogP) is 2.81. The largest absolute Gasteiger partial charge is 0.228 e.